The molecule has 5 aromatic rings. The molecule has 0 unspecified atom stereocenters. The molecule has 0 saturated heterocycles. The maximum atomic E-state index is 5.99. The summed E-state index contributed by atoms with van der Waals surface area (Å²) in [5.74, 6) is 0. The molecule has 0 saturated carbocycles. The fourth-order valence-corrected chi connectivity index (χ4v) is 4.02. The SMILES string of the molecule is [B]c1ccc(N(c2ccccc2)c2ccc(-c3ccccc3)cc2-c2ccccc2)cc1. The van der Waals surface area contributed by atoms with Gasteiger partial charge in [-0.25, -0.2) is 0 Å². The van der Waals surface area contributed by atoms with Crippen LogP contribution in [0, 0.1) is 0 Å². The smallest absolute Gasteiger partial charge is 0.113 e. The molecule has 2 heteroatoms. The molecule has 0 aromatic heterocycles. The average molecular weight is 407 g/mol. The Morgan fingerprint density at radius 3 is 1.59 bits per heavy atom. The molecule has 32 heavy (non-hydrogen) atoms. The Kier molecular flexibility index (Phi) is 5.59. The van der Waals surface area contributed by atoms with Gasteiger partial charge in [-0.3, -0.25) is 0 Å². The molecule has 5 rings (SSSR count). The molecule has 0 heterocycles. The van der Waals surface area contributed by atoms with Gasteiger partial charge in [0.25, 0.3) is 0 Å². The first-order chi connectivity index (χ1) is 15.8. The zero-order valence-corrected chi connectivity index (χ0v) is 17.7. The highest BCUT2D eigenvalue weighted by Crippen LogP contribution is 2.42. The number of para-hydroxylation sites is 1. The van der Waals surface area contributed by atoms with Crippen LogP contribution in [-0.2, 0) is 0 Å². The van der Waals surface area contributed by atoms with E-state index in [4.69, 9.17) is 7.85 Å². The zero-order chi connectivity index (χ0) is 21.8. The number of anilines is 3. The second-order valence-corrected chi connectivity index (χ2v) is 7.73. The Hall–Kier alpha value is -4.04. The van der Waals surface area contributed by atoms with Crippen molar-refractivity contribution in [3.8, 4) is 22.3 Å². The van der Waals surface area contributed by atoms with Crippen molar-refractivity contribution in [1.29, 1.82) is 0 Å². The minimum absolute atomic E-state index is 0.754. The Balaban J connectivity index is 1.74. The van der Waals surface area contributed by atoms with Gasteiger partial charge in [0.2, 0.25) is 0 Å². The van der Waals surface area contributed by atoms with E-state index in [1.165, 1.54) is 22.3 Å². The van der Waals surface area contributed by atoms with E-state index in [1.54, 1.807) is 0 Å². The van der Waals surface area contributed by atoms with Crippen LogP contribution in [0.5, 0.6) is 0 Å². The first-order valence-corrected chi connectivity index (χ1v) is 10.8. The van der Waals surface area contributed by atoms with Gasteiger partial charge in [-0.2, -0.15) is 0 Å². The molecule has 5 aromatic carbocycles. The number of benzene rings is 5. The van der Waals surface area contributed by atoms with Crippen molar-refractivity contribution in [2.45, 2.75) is 0 Å². The van der Waals surface area contributed by atoms with E-state index in [9.17, 15) is 0 Å². The quantitative estimate of drug-likeness (QED) is 0.277. The number of hydrogen-bond donors (Lipinski definition) is 0. The molecular formula is C30H22BN. The van der Waals surface area contributed by atoms with Crippen LogP contribution < -0.4 is 10.4 Å². The van der Waals surface area contributed by atoms with Crippen molar-refractivity contribution in [2.24, 2.45) is 0 Å². The summed E-state index contributed by atoms with van der Waals surface area (Å²) in [7, 11) is 5.99. The normalized spacial score (nSPS) is 10.6. The molecule has 0 amide bonds. The van der Waals surface area contributed by atoms with Crippen molar-refractivity contribution in [1.82, 2.24) is 0 Å². The van der Waals surface area contributed by atoms with Crippen molar-refractivity contribution in [3.63, 3.8) is 0 Å². The van der Waals surface area contributed by atoms with Crippen LogP contribution in [-0.4, -0.2) is 7.85 Å². The largest absolute Gasteiger partial charge is 0.310 e. The maximum Gasteiger partial charge on any atom is 0.113 e. The lowest BCUT2D eigenvalue weighted by atomic mass is 9.94. The lowest BCUT2D eigenvalue weighted by Crippen LogP contribution is -2.12. The van der Waals surface area contributed by atoms with Gasteiger partial charge in [-0.05, 0) is 53.1 Å². The predicted molar refractivity (Wildman–Crippen MR) is 137 cm³/mol. The summed E-state index contributed by atoms with van der Waals surface area (Å²) in [5, 5.41) is 0. The van der Waals surface area contributed by atoms with Crippen LogP contribution in [0.3, 0.4) is 0 Å². The maximum absolute atomic E-state index is 5.99. The van der Waals surface area contributed by atoms with Crippen LogP contribution in [0.2, 0.25) is 0 Å². The van der Waals surface area contributed by atoms with Crippen LogP contribution in [0.25, 0.3) is 22.3 Å². The minimum Gasteiger partial charge on any atom is -0.310 e. The average Bonchev–Trinajstić information content (AvgIpc) is 2.87. The summed E-state index contributed by atoms with van der Waals surface area (Å²) in [4.78, 5) is 2.29. The zero-order valence-electron chi connectivity index (χ0n) is 17.7. The summed E-state index contributed by atoms with van der Waals surface area (Å²) in [6.07, 6.45) is 0. The Labute approximate surface area is 191 Å². The summed E-state index contributed by atoms with van der Waals surface area (Å²) >= 11 is 0. The van der Waals surface area contributed by atoms with Gasteiger partial charge in [-0.1, -0.05) is 103 Å². The van der Waals surface area contributed by atoms with Gasteiger partial charge >= 0.3 is 0 Å². The van der Waals surface area contributed by atoms with E-state index < -0.39 is 0 Å². The molecule has 1 nitrogen and oxygen atoms in total. The van der Waals surface area contributed by atoms with Crippen LogP contribution >= 0.6 is 0 Å². The molecule has 0 aliphatic carbocycles. The summed E-state index contributed by atoms with van der Waals surface area (Å²) < 4.78 is 0. The van der Waals surface area contributed by atoms with E-state index >= 15 is 0 Å². The summed E-state index contributed by atoms with van der Waals surface area (Å²) in [6, 6.07) is 46.3. The third kappa shape index (κ3) is 4.08. The van der Waals surface area contributed by atoms with Gasteiger partial charge < -0.3 is 4.90 Å². The Morgan fingerprint density at radius 2 is 0.969 bits per heavy atom. The third-order valence-electron chi connectivity index (χ3n) is 5.60. The molecule has 2 radical (unpaired) electrons. The van der Waals surface area contributed by atoms with Gasteiger partial charge in [-0.15, -0.1) is 0 Å². The third-order valence-corrected chi connectivity index (χ3v) is 5.60. The highest BCUT2D eigenvalue weighted by molar-refractivity contribution is 6.32. The Morgan fingerprint density at radius 1 is 0.438 bits per heavy atom. The first-order valence-electron chi connectivity index (χ1n) is 10.8. The lowest BCUT2D eigenvalue weighted by molar-refractivity contribution is 1.29. The molecule has 0 N–H and O–H groups in total. The summed E-state index contributed by atoms with van der Waals surface area (Å²) in [6.45, 7) is 0. The lowest BCUT2D eigenvalue weighted by Gasteiger charge is -2.28. The highest BCUT2D eigenvalue weighted by Gasteiger charge is 2.17. The van der Waals surface area contributed by atoms with Gasteiger partial charge in [0.05, 0.1) is 5.69 Å². The van der Waals surface area contributed by atoms with E-state index in [-0.39, 0.29) is 0 Å². The minimum atomic E-state index is 0.754. The molecule has 0 aliphatic rings. The second kappa shape index (κ2) is 8.99. The molecular weight excluding hydrogens is 385 g/mol. The number of hydrogen-bond acceptors (Lipinski definition) is 1. The molecule has 150 valence electrons. The molecule has 0 aliphatic heterocycles. The van der Waals surface area contributed by atoms with E-state index in [1.807, 2.05) is 24.3 Å². The van der Waals surface area contributed by atoms with Crippen LogP contribution in [0.4, 0.5) is 17.1 Å². The second-order valence-electron chi connectivity index (χ2n) is 7.73. The van der Waals surface area contributed by atoms with Crippen LogP contribution in [0.1, 0.15) is 0 Å². The standard InChI is InChI=1S/C30H22BN/c31-26-17-19-28(20-18-26)32(27-14-8-3-9-15-27)30-21-16-25(23-10-4-1-5-11-23)22-29(30)24-12-6-2-7-13-24/h1-22H. The van der Waals surface area contributed by atoms with Crippen molar-refractivity contribution in [2.75, 3.05) is 4.90 Å². The van der Waals surface area contributed by atoms with Gasteiger partial charge in [0.1, 0.15) is 7.85 Å². The van der Waals surface area contributed by atoms with E-state index in [2.05, 4.69) is 114 Å². The molecule has 0 atom stereocenters. The fourth-order valence-electron chi connectivity index (χ4n) is 4.02. The highest BCUT2D eigenvalue weighted by atomic mass is 15.1. The fraction of sp³-hybridized carbons (Fsp3) is 0. The number of nitrogens with zero attached hydrogens (tertiary/aromatic N) is 1. The molecule has 0 spiro atoms. The van der Waals surface area contributed by atoms with Gasteiger partial charge in [0, 0.05) is 16.9 Å². The first kappa shape index (κ1) is 19.9. The molecule has 0 bridgehead atoms. The van der Waals surface area contributed by atoms with Gasteiger partial charge in [0.15, 0.2) is 0 Å². The van der Waals surface area contributed by atoms with Crippen molar-refractivity contribution in [3.05, 3.63) is 133 Å². The predicted octanol–water partition coefficient (Wildman–Crippen LogP) is 7.28. The molecule has 0 fully saturated rings. The van der Waals surface area contributed by atoms with E-state index in [0.717, 1.165) is 22.5 Å². The van der Waals surface area contributed by atoms with Crippen molar-refractivity contribution >= 4 is 30.4 Å². The van der Waals surface area contributed by atoms with Crippen molar-refractivity contribution < 1.29 is 0 Å². The number of rotatable bonds is 5. The summed E-state index contributed by atoms with van der Waals surface area (Å²) in [5.41, 5.74) is 8.78. The topological polar surface area (TPSA) is 3.24 Å². The monoisotopic (exact) mass is 407 g/mol. The Bertz CT molecular complexity index is 1300. The van der Waals surface area contributed by atoms with Crippen LogP contribution in [0.15, 0.2) is 133 Å². The van der Waals surface area contributed by atoms with E-state index in [0.29, 0.717) is 0 Å².